The molecular weight excluding hydrogens is 306 g/mol. The lowest BCUT2D eigenvalue weighted by molar-refractivity contribution is -0.893. The number of aliphatic carboxylic acids is 1. The van der Waals surface area contributed by atoms with E-state index in [1.807, 2.05) is 0 Å². The van der Waals surface area contributed by atoms with E-state index < -0.39 is 12.1 Å². The molecule has 1 atom stereocenters. The quantitative estimate of drug-likeness (QED) is 0.289. The first-order chi connectivity index (χ1) is 9.87. The van der Waals surface area contributed by atoms with Gasteiger partial charge >= 0.3 is 5.97 Å². The van der Waals surface area contributed by atoms with Gasteiger partial charge < -0.3 is 20.2 Å². The van der Waals surface area contributed by atoms with Crippen molar-refractivity contribution >= 4 is 17.6 Å². The second-order valence-electron chi connectivity index (χ2n) is 6.62. The number of carboxylic acids is 1. The lowest BCUT2D eigenvalue weighted by Crippen LogP contribution is -2.46. The largest absolute Gasteiger partial charge is 0.870 e. The Morgan fingerprint density at radius 3 is 1.91 bits per heavy atom. The number of quaternary nitrogens is 1. The Morgan fingerprint density at radius 1 is 1.00 bits per heavy atom. The van der Waals surface area contributed by atoms with Crippen LogP contribution < -0.4 is 0 Å². The summed E-state index contributed by atoms with van der Waals surface area (Å²) in [4.78, 5) is 10.3. The molecule has 5 nitrogen and oxygen atoms in total. The molecule has 0 amide bonds. The number of alkyl halides is 1. The number of carboxylic acid groups (broad SMARTS) is 1. The van der Waals surface area contributed by atoms with Crippen molar-refractivity contribution in [2.24, 2.45) is 0 Å². The summed E-state index contributed by atoms with van der Waals surface area (Å²) in [5.41, 5.74) is 0. The second-order valence-corrected chi connectivity index (χ2v) is 6.93. The van der Waals surface area contributed by atoms with E-state index in [0.717, 1.165) is 30.3 Å². The molecular formula is C16H34ClNO4. The Balaban J connectivity index is 0. The average molecular weight is 340 g/mol. The minimum atomic E-state index is -0.685. The number of rotatable bonds is 14. The van der Waals surface area contributed by atoms with Crippen LogP contribution in [0, 0.1) is 0 Å². The van der Waals surface area contributed by atoms with Gasteiger partial charge in [-0.1, -0.05) is 32.1 Å². The Labute approximate surface area is 140 Å². The van der Waals surface area contributed by atoms with Crippen LogP contribution in [0.4, 0.5) is 0 Å². The third kappa shape index (κ3) is 16.0. The highest BCUT2D eigenvalue weighted by Gasteiger charge is 2.19. The molecule has 6 heteroatoms. The van der Waals surface area contributed by atoms with Crippen molar-refractivity contribution in [1.29, 1.82) is 0 Å². The Morgan fingerprint density at radius 2 is 1.45 bits per heavy atom. The van der Waals surface area contributed by atoms with Gasteiger partial charge in [0, 0.05) is 6.42 Å². The van der Waals surface area contributed by atoms with Gasteiger partial charge in [0.05, 0.1) is 26.5 Å². The van der Waals surface area contributed by atoms with E-state index in [0.29, 0.717) is 18.8 Å². The van der Waals surface area contributed by atoms with E-state index in [-0.39, 0.29) is 5.48 Å². The van der Waals surface area contributed by atoms with Crippen LogP contribution in [-0.2, 0) is 4.79 Å². The molecule has 0 aromatic carbocycles. The van der Waals surface area contributed by atoms with Crippen molar-refractivity contribution in [3.8, 4) is 0 Å². The molecule has 134 valence electrons. The van der Waals surface area contributed by atoms with Crippen molar-refractivity contribution in [3.63, 3.8) is 0 Å². The maximum absolute atomic E-state index is 10.3. The third-order valence-corrected chi connectivity index (χ3v) is 4.14. The molecule has 0 aromatic heterocycles. The van der Waals surface area contributed by atoms with E-state index in [4.69, 9.17) is 16.7 Å². The standard InChI is InChI=1S/C16H32ClNO3.H2O/c1-18(2,14-15(19)13-17)12-10-8-6-4-3-5-7-9-11-16(20)21;/h15,19H,3-14H2,1-2H3;1H2. The zero-order chi connectivity index (χ0) is 16.1. The van der Waals surface area contributed by atoms with E-state index in [9.17, 15) is 9.90 Å². The molecule has 0 aromatic rings. The number of aliphatic hydroxyl groups excluding tert-OH is 1. The van der Waals surface area contributed by atoms with Crippen LogP contribution in [0.15, 0.2) is 0 Å². The first-order valence-corrected chi connectivity index (χ1v) is 8.68. The molecule has 3 N–H and O–H groups in total. The highest BCUT2D eigenvalue weighted by molar-refractivity contribution is 6.18. The third-order valence-electron chi connectivity index (χ3n) is 3.79. The molecule has 0 saturated carbocycles. The molecule has 0 aliphatic carbocycles. The number of halogens is 1. The van der Waals surface area contributed by atoms with Crippen LogP contribution in [0.1, 0.15) is 57.8 Å². The molecule has 1 unspecified atom stereocenters. The van der Waals surface area contributed by atoms with Gasteiger partial charge in [-0.2, -0.15) is 0 Å². The fourth-order valence-corrected chi connectivity index (χ4v) is 2.68. The van der Waals surface area contributed by atoms with E-state index >= 15 is 0 Å². The maximum atomic E-state index is 10.3. The van der Waals surface area contributed by atoms with E-state index in [2.05, 4.69) is 14.1 Å². The fourth-order valence-electron chi connectivity index (χ4n) is 2.59. The number of hydrogen-bond acceptors (Lipinski definition) is 3. The Bertz CT molecular complexity index is 275. The Kier molecular flexibility index (Phi) is 15.5. The summed E-state index contributed by atoms with van der Waals surface area (Å²) in [7, 11) is 4.27. The smallest absolute Gasteiger partial charge is 0.303 e. The van der Waals surface area contributed by atoms with Gasteiger partial charge in [-0.15, -0.1) is 11.6 Å². The van der Waals surface area contributed by atoms with Crippen LogP contribution in [0.25, 0.3) is 0 Å². The van der Waals surface area contributed by atoms with Crippen molar-refractivity contribution in [2.75, 3.05) is 33.1 Å². The van der Waals surface area contributed by atoms with E-state index in [1.165, 1.54) is 32.1 Å². The Hall–Kier alpha value is -0.360. The summed E-state index contributed by atoms with van der Waals surface area (Å²) in [6.07, 6.45) is 9.00. The van der Waals surface area contributed by atoms with Crippen molar-refractivity contribution in [1.82, 2.24) is 0 Å². The summed E-state index contributed by atoms with van der Waals surface area (Å²) in [5, 5.41) is 18.1. The maximum Gasteiger partial charge on any atom is 0.303 e. The summed E-state index contributed by atoms with van der Waals surface area (Å²) in [6, 6.07) is 0. The predicted molar refractivity (Wildman–Crippen MR) is 89.7 cm³/mol. The normalized spacial score (nSPS) is 12.7. The first kappa shape index (κ1) is 23.9. The zero-order valence-electron chi connectivity index (χ0n) is 14.1. The monoisotopic (exact) mass is 339 g/mol. The predicted octanol–water partition coefficient (Wildman–Crippen LogP) is 3.08. The van der Waals surface area contributed by atoms with Crippen molar-refractivity contribution in [3.05, 3.63) is 0 Å². The molecule has 0 spiro atoms. The van der Waals surface area contributed by atoms with Crippen LogP contribution in [0.3, 0.4) is 0 Å². The minimum absolute atomic E-state index is 0. The minimum Gasteiger partial charge on any atom is -0.870 e. The van der Waals surface area contributed by atoms with Crippen LogP contribution in [-0.4, -0.2) is 65.3 Å². The van der Waals surface area contributed by atoms with E-state index in [1.54, 1.807) is 0 Å². The molecule has 0 bridgehead atoms. The molecule has 0 radical (unpaired) electrons. The zero-order valence-corrected chi connectivity index (χ0v) is 14.9. The highest BCUT2D eigenvalue weighted by atomic mass is 35.5. The van der Waals surface area contributed by atoms with Gasteiger partial charge in [-0.05, 0) is 19.3 Å². The second kappa shape index (κ2) is 14.2. The number of likely N-dealkylation sites (N-methyl/N-ethyl adjacent to an activating group) is 1. The lowest BCUT2D eigenvalue weighted by Gasteiger charge is -2.31. The number of carbonyl (C=O) groups is 1. The summed E-state index contributed by atoms with van der Waals surface area (Å²) >= 11 is 5.64. The fraction of sp³-hybridized carbons (Fsp3) is 0.938. The number of aliphatic hydroxyl groups is 1. The molecule has 0 fully saturated rings. The number of hydrogen-bond donors (Lipinski definition) is 2. The van der Waals surface area contributed by atoms with Gasteiger partial charge in [0.25, 0.3) is 0 Å². The van der Waals surface area contributed by atoms with Crippen LogP contribution >= 0.6 is 11.6 Å². The summed E-state index contributed by atoms with van der Waals surface area (Å²) in [5.74, 6) is -0.376. The molecule has 0 saturated heterocycles. The number of nitrogens with zero attached hydrogens (tertiary/aromatic N) is 1. The van der Waals surface area contributed by atoms with Gasteiger partial charge in [0.2, 0.25) is 0 Å². The van der Waals surface area contributed by atoms with Gasteiger partial charge in [-0.25, -0.2) is 0 Å². The van der Waals surface area contributed by atoms with Crippen LogP contribution in [0.2, 0.25) is 0 Å². The highest BCUT2D eigenvalue weighted by Crippen LogP contribution is 2.11. The van der Waals surface area contributed by atoms with Gasteiger partial charge in [0.15, 0.2) is 0 Å². The molecule has 0 aliphatic rings. The molecule has 0 aliphatic heterocycles. The summed E-state index contributed by atoms with van der Waals surface area (Å²) < 4.78 is 0.822. The molecule has 0 rings (SSSR count). The average Bonchev–Trinajstić information content (AvgIpc) is 2.39. The topological polar surface area (TPSA) is 87.5 Å². The van der Waals surface area contributed by atoms with Crippen molar-refractivity contribution < 1.29 is 25.0 Å². The molecule has 0 heterocycles. The van der Waals surface area contributed by atoms with Gasteiger partial charge in [-0.3, -0.25) is 4.79 Å². The number of unbranched alkanes of at least 4 members (excludes halogenated alkanes) is 7. The van der Waals surface area contributed by atoms with Gasteiger partial charge in [0.1, 0.15) is 12.6 Å². The van der Waals surface area contributed by atoms with Crippen molar-refractivity contribution in [2.45, 2.75) is 63.9 Å². The summed E-state index contributed by atoms with van der Waals surface area (Å²) in [6.45, 7) is 1.79. The van der Waals surface area contributed by atoms with Crippen LogP contribution in [0.5, 0.6) is 0 Å². The SMILES string of the molecule is C[N+](C)(CCCCCCCCCCC(=O)O)CC(O)CCl.[OH-]. The first-order valence-electron chi connectivity index (χ1n) is 8.15. The molecule has 22 heavy (non-hydrogen) atoms. The lowest BCUT2D eigenvalue weighted by atomic mass is 10.1.